The van der Waals surface area contributed by atoms with Crippen LogP contribution in [-0.2, 0) is 11.3 Å². The first kappa shape index (κ1) is 7.18. The van der Waals surface area contributed by atoms with Crippen molar-refractivity contribution in [2.75, 3.05) is 0 Å². The average Bonchev–Trinajstić information content (AvgIpc) is 2.83. The molecule has 0 bridgehead atoms. The molecule has 0 atom stereocenters. The predicted molar refractivity (Wildman–Crippen MR) is 38.1 cm³/mol. The molecule has 2 rings (SSSR count). The van der Waals surface area contributed by atoms with E-state index in [2.05, 4.69) is 15.1 Å². The summed E-state index contributed by atoms with van der Waals surface area (Å²) in [5.74, 6) is 1.58. The van der Waals surface area contributed by atoms with E-state index in [-0.39, 0.29) is 6.54 Å². The third-order valence-corrected chi connectivity index (χ3v) is 1.70. The van der Waals surface area contributed by atoms with Gasteiger partial charge in [-0.1, -0.05) is 5.16 Å². The second kappa shape index (κ2) is 2.87. The number of rotatable bonds is 3. The van der Waals surface area contributed by atoms with Crippen molar-refractivity contribution in [2.45, 2.75) is 25.3 Å². The maximum atomic E-state index is 9.75. The topological polar surface area (TPSA) is 68.3 Å². The first-order valence-corrected chi connectivity index (χ1v) is 3.76. The third kappa shape index (κ3) is 1.40. The molecule has 12 heavy (non-hydrogen) atoms. The van der Waals surface area contributed by atoms with E-state index in [1.165, 1.54) is 6.08 Å². The molecule has 62 valence electrons. The zero-order valence-electron chi connectivity index (χ0n) is 6.36. The van der Waals surface area contributed by atoms with Gasteiger partial charge in [0.15, 0.2) is 5.82 Å². The van der Waals surface area contributed by atoms with Crippen molar-refractivity contribution in [3.05, 3.63) is 11.7 Å². The highest BCUT2D eigenvalue weighted by atomic mass is 16.5. The lowest BCUT2D eigenvalue weighted by Crippen LogP contribution is -1.84. The number of nitrogens with zero attached hydrogens (tertiary/aromatic N) is 3. The molecule has 0 unspecified atom stereocenters. The van der Waals surface area contributed by atoms with Crippen LogP contribution >= 0.6 is 0 Å². The molecule has 0 aromatic carbocycles. The molecular weight excluding hydrogens is 158 g/mol. The first-order valence-electron chi connectivity index (χ1n) is 3.76. The Morgan fingerprint density at radius 3 is 3.17 bits per heavy atom. The van der Waals surface area contributed by atoms with Crippen LogP contribution in [0.1, 0.15) is 30.5 Å². The van der Waals surface area contributed by atoms with E-state index in [9.17, 15) is 4.79 Å². The lowest BCUT2D eigenvalue weighted by atomic mass is 10.4. The van der Waals surface area contributed by atoms with E-state index in [0.29, 0.717) is 17.6 Å². The van der Waals surface area contributed by atoms with Crippen molar-refractivity contribution < 1.29 is 9.32 Å². The summed E-state index contributed by atoms with van der Waals surface area (Å²) < 4.78 is 4.93. The zero-order valence-corrected chi connectivity index (χ0v) is 6.36. The van der Waals surface area contributed by atoms with Crippen LogP contribution in [0.5, 0.6) is 0 Å². The molecule has 1 aromatic heterocycles. The molecule has 0 spiro atoms. The maximum Gasteiger partial charge on any atom is 0.235 e. The third-order valence-electron chi connectivity index (χ3n) is 1.70. The van der Waals surface area contributed by atoms with E-state index in [4.69, 9.17) is 4.52 Å². The van der Waals surface area contributed by atoms with E-state index in [1.807, 2.05) is 0 Å². The summed E-state index contributed by atoms with van der Waals surface area (Å²) in [6, 6.07) is 0. The lowest BCUT2D eigenvalue weighted by Gasteiger charge is -1.79. The fourth-order valence-electron chi connectivity index (χ4n) is 0.931. The van der Waals surface area contributed by atoms with Crippen LogP contribution in [0, 0.1) is 0 Å². The number of isocyanates is 1. The van der Waals surface area contributed by atoms with Gasteiger partial charge in [-0.3, -0.25) is 0 Å². The van der Waals surface area contributed by atoms with E-state index < -0.39 is 0 Å². The number of aliphatic imine (C=N–C) groups is 1. The summed E-state index contributed by atoms with van der Waals surface area (Å²) in [5, 5.41) is 3.66. The molecule has 0 radical (unpaired) electrons. The Hall–Kier alpha value is -1.48. The number of carbonyl (C=O) groups excluding carboxylic acids is 1. The van der Waals surface area contributed by atoms with Crippen molar-refractivity contribution in [1.82, 2.24) is 10.1 Å². The van der Waals surface area contributed by atoms with Crippen molar-refractivity contribution in [2.24, 2.45) is 4.99 Å². The number of hydrogen-bond donors (Lipinski definition) is 0. The molecule has 0 N–H and O–H groups in total. The van der Waals surface area contributed by atoms with E-state index in [0.717, 1.165) is 12.8 Å². The zero-order chi connectivity index (χ0) is 8.39. The van der Waals surface area contributed by atoms with Gasteiger partial charge in [-0.25, -0.2) is 4.79 Å². The predicted octanol–water partition coefficient (Wildman–Crippen LogP) is 0.783. The Kier molecular flexibility index (Phi) is 1.72. The molecule has 0 aliphatic heterocycles. The minimum absolute atomic E-state index is 0.166. The lowest BCUT2D eigenvalue weighted by molar-refractivity contribution is 0.374. The van der Waals surface area contributed by atoms with E-state index in [1.54, 1.807) is 0 Å². The Morgan fingerprint density at radius 1 is 1.67 bits per heavy atom. The van der Waals surface area contributed by atoms with Crippen molar-refractivity contribution in [3.63, 3.8) is 0 Å². The van der Waals surface area contributed by atoms with Gasteiger partial charge in [-0.15, -0.1) is 0 Å². The number of hydrogen-bond acceptors (Lipinski definition) is 5. The van der Waals surface area contributed by atoms with E-state index >= 15 is 0 Å². The molecule has 1 fully saturated rings. The molecule has 5 nitrogen and oxygen atoms in total. The fourth-order valence-corrected chi connectivity index (χ4v) is 0.931. The second-order valence-corrected chi connectivity index (χ2v) is 2.73. The maximum absolute atomic E-state index is 9.75. The Morgan fingerprint density at radius 2 is 2.50 bits per heavy atom. The summed E-state index contributed by atoms with van der Waals surface area (Å²) in [4.78, 5) is 17.2. The largest absolute Gasteiger partial charge is 0.339 e. The van der Waals surface area contributed by atoms with Crippen LogP contribution in [-0.4, -0.2) is 16.2 Å². The fraction of sp³-hybridized carbons (Fsp3) is 0.571. The van der Waals surface area contributed by atoms with Gasteiger partial charge in [0.05, 0.1) is 0 Å². The standard InChI is InChI=1S/C7H7N3O2/c11-4-8-3-6-9-7(12-10-6)5-1-2-5/h5H,1-3H2. The van der Waals surface area contributed by atoms with Crippen LogP contribution in [0.15, 0.2) is 9.52 Å². The van der Waals surface area contributed by atoms with Gasteiger partial charge in [0.25, 0.3) is 0 Å². The Bertz CT molecular complexity index is 323. The first-order chi connectivity index (χ1) is 5.90. The molecule has 1 aromatic rings. The van der Waals surface area contributed by atoms with Gasteiger partial charge in [-0.2, -0.15) is 9.98 Å². The molecule has 1 aliphatic rings. The Labute approximate surface area is 68.5 Å². The van der Waals surface area contributed by atoms with Crippen molar-refractivity contribution in [1.29, 1.82) is 0 Å². The van der Waals surface area contributed by atoms with Crippen LogP contribution in [0.2, 0.25) is 0 Å². The van der Waals surface area contributed by atoms with Crippen LogP contribution in [0.4, 0.5) is 0 Å². The van der Waals surface area contributed by atoms with Crippen LogP contribution < -0.4 is 0 Å². The highest BCUT2D eigenvalue weighted by Gasteiger charge is 2.29. The van der Waals surface area contributed by atoms with Gasteiger partial charge in [0.2, 0.25) is 12.0 Å². The summed E-state index contributed by atoms with van der Waals surface area (Å²) in [5.41, 5.74) is 0. The monoisotopic (exact) mass is 165 g/mol. The van der Waals surface area contributed by atoms with Crippen LogP contribution in [0.25, 0.3) is 0 Å². The number of aromatic nitrogens is 2. The summed E-state index contributed by atoms with van der Waals surface area (Å²) in [6.45, 7) is 0.166. The van der Waals surface area contributed by atoms with Gasteiger partial charge >= 0.3 is 0 Å². The van der Waals surface area contributed by atoms with Gasteiger partial charge in [0, 0.05) is 5.92 Å². The highest BCUT2D eigenvalue weighted by molar-refractivity contribution is 5.32. The normalized spacial score (nSPS) is 15.7. The van der Waals surface area contributed by atoms with Crippen molar-refractivity contribution in [3.8, 4) is 0 Å². The quantitative estimate of drug-likeness (QED) is 0.490. The summed E-state index contributed by atoms with van der Waals surface area (Å²) >= 11 is 0. The summed E-state index contributed by atoms with van der Waals surface area (Å²) in [7, 11) is 0. The Balaban J connectivity index is 2.07. The summed E-state index contributed by atoms with van der Waals surface area (Å²) in [6.07, 6.45) is 3.67. The molecule has 0 amide bonds. The molecular formula is C7H7N3O2. The average molecular weight is 165 g/mol. The minimum atomic E-state index is 0.166. The van der Waals surface area contributed by atoms with Crippen LogP contribution in [0.3, 0.4) is 0 Å². The highest BCUT2D eigenvalue weighted by Crippen LogP contribution is 2.38. The minimum Gasteiger partial charge on any atom is -0.339 e. The molecule has 1 saturated carbocycles. The van der Waals surface area contributed by atoms with Gasteiger partial charge < -0.3 is 4.52 Å². The molecule has 5 heteroatoms. The molecule has 1 aliphatic carbocycles. The van der Waals surface area contributed by atoms with Gasteiger partial charge in [0.1, 0.15) is 6.54 Å². The SMILES string of the molecule is O=C=NCc1noc(C2CC2)n1. The molecule has 1 heterocycles. The molecule has 0 saturated heterocycles. The second-order valence-electron chi connectivity index (χ2n) is 2.73. The smallest absolute Gasteiger partial charge is 0.235 e. The van der Waals surface area contributed by atoms with Gasteiger partial charge in [-0.05, 0) is 12.8 Å². The van der Waals surface area contributed by atoms with Crippen molar-refractivity contribution >= 4 is 6.08 Å².